The monoisotopic (exact) mass is 388 g/mol. The molecular formula is C16H15F3N2O4S. The van der Waals surface area contributed by atoms with Crippen LogP contribution >= 0.6 is 0 Å². The molecule has 10 heteroatoms. The van der Waals surface area contributed by atoms with Crippen LogP contribution in [0.4, 0.5) is 29.3 Å². The van der Waals surface area contributed by atoms with Gasteiger partial charge in [-0.25, -0.2) is 13.2 Å². The number of amides is 2. The van der Waals surface area contributed by atoms with Gasteiger partial charge in [0, 0.05) is 5.69 Å². The molecule has 0 aliphatic heterocycles. The van der Waals surface area contributed by atoms with Crippen LogP contribution in [0.5, 0.6) is 5.75 Å². The lowest BCUT2D eigenvalue weighted by Crippen LogP contribution is -2.24. The Balaban J connectivity index is 2.28. The van der Waals surface area contributed by atoms with Crippen molar-refractivity contribution in [1.29, 1.82) is 0 Å². The van der Waals surface area contributed by atoms with Crippen LogP contribution < -0.4 is 15.4 Å². The number of carbonyl (C=O) groups excluding carboxylic acids is 1. The van der Waals surface area contributed by atoms with Gasteiger partial charge in [-0.1, -0.05) is 17.7 Å². The lowest BCUT2D eigenvalue weighted by Gasteiger charge is -2.14. The molecule has 2 aromatic rings. The van der Waals surface area contributed by atoms with E-state index < -0.39 is 26.3 Å². The topological polar surface area (TPSA) is 84.5 Å². The molecule has 0 atom stereocenters. The maximum atomic E-state index is 12.7. The summed E-state index contributed by atoms with van der Waals surface area (Å²) in [4.78, 5) is 11.0. The quantitative estimate of drug-likeness (QED) is 0.831. The standard InChI is InChI=1S/C16H15F3N2O4S/c1-10-3-5-11(6-4-10)20-15(22)21-13-9-12(7-8-14(13)25-2)26(23,24)16(17,18)19/h3-9H,1-2H3,(H2,20,21,22). The minimum absolute atomic E-state index is 0.00480. The fraction of sp³-hybridized carbons (Fsp3) is 0.188. The summed E-state index contributed by atoms with van der Waals surface area (Å²) in [7, 11) is -4.32. The van der Waals surface area contributed by atoms with Crippen LogP contribution in [-0.2, 0) is 9.84 Å². The third-order valence-electron chi connectivity index (χ3n) is 3.34. The first-order valence-corrected chi connectivity index (χ1v) is 8.67. The number of rotatable bonds is 4. The number of nitrogens with one attached hydrogen (secondary N) is 2. The number of methoxy groups -OCH3 is 1. The lowest BCUT2D eigenvalue weighted by molar-refractivity contribution is -0.0436. The molecule has 2 amide bonds. The smallest absolute Gasteiger partial charge is 0.495 e. The van der Waals surface area contributed by atoms with Crippen molar-refractivity contribution in [3.8, 4) is 5.75 Å². The largest absolute Gasteiger partial charge is 0.501 e. The molecule has 0 aromatic heterocycles. The van der Waals surface area contributed by atoms with Gasteiger partial charge < -0.3 is 15.4 Å². The van der Waals surface area contributed by atoms with Crippen LogP contribution in [0.2, 0.25) is 0 Å². The number of carbonyl (C=O) groups is 1. The third kappa shape index (κ3) is 4.26. The van der Waals surface area contributed by atoms with E-state index in [1.807, 2.05) is 6.92 Å². The van der Waals surface area contributed by atoms with Gasteiger partial charge in [0.15, 0.2) is 0 Å². The summed E-state index contributed by atoms with van der Waals surface area (Å²) in [5.74, 6) is 0.00480. The fourth-order valence-corrected chi connectivity index (χ4v) is 2.79. The summed E-state index contributed by atoms with van der Waals surface area (Å²) in [5.41, 5.74) is -4.25. The summed E-state index contributed by atoms with van der Waals surface area (Å²) in [5, 5.41) is 4.76. The predicted molar refractivity (Wildman–Crippen MR) is 90.1 cm³/mol. The maximum Gasteiger partial charge on any atom is 0.501 e. The fourth-order valence-electron chi connectivity index (χ4n) is 2.01. The van der Waals surface area contributed by atoms with Crippen LogP contribution in [0.15, 0.2) is 47.4 Å². The van der Waals surface area contributed by atoms with Crippen molar-refractivity contribution >= 4 is 27.2 Å². The number of aryl methyl sites for hydroxylation is 1. The molecule has 6 nitrogen and oxygen atoms in total. The van der Waals surface area contributed by atoms with Gasteiger partial charge >= 0.3 is 11.5 Å². The molecular weight excluding hydrogens is 373 g/mol. The van der Waals surface area contributed by atoms with Crippen LogP contribution in [0.25, 0.3) is 0 Å². The Morgan fingerprint density at radius 3 is 2.19 bits per heavy atom. The van der Waals surface area contributed by atoms with Crippen molar-refractivity contribution in [3.05, 3.63) is 48.0 Å². The summed E-state index contributed by atoms with van der Waals surface area (Å²) < 4.78 is 66.1. The highest BCUT2D eigenvalue weighted by atomic mass is 32.2. The third-order valence-corrected chi connectivity index (χ3v) is 4.83. The zero-order valence-corrected chi connectivity index (χ0v) is 14.5. The first-order valence-electron chi connectivity index (χ1n) is 7.18. The van der Waals surface area contributed by atoms with Gasteiger partial charge in [-0.3, -0.25) is 0 Å². The van der Waals surface area contributed by atoms with Crippen molar-refractivity contribution in [3.63, 3.8) is 0 Å². The van der Waals surface area contributed by atoms with Crippen LogP contribution in [0.3, 0.4) is 0 Å². The first-order chi connectivity index (χ1) is 12.0. The molecule has 0 fully saturated rings. The summed E-state index contributed by atoms with van der Waals surface area (Å²) in [6, 6.07) is 8.49. The molecule has 0 aliphatic rings. The van der Waals surface area contributed by atoms with E-state index in [2.05, 4.69) is 10.6 Å². The van der Waals surface area contributed by atoms with E-state index in [1.165, 1.54) is 7.11 Å². The Hall–Kier alpha value is -2.75. The minimum atomic E-state index is -5.55. The minimum Gasteiger partial charge on any atom is -0.495 e. The van der Waals surface area contributed by atoms with Gasteiger partial charge in [-0.2, -0.15) is 13.2 Å². The molecule has 0 heterocycles. The van der Waals surface area contributed by atoms with Crippen LogP contribution in [0, 0.1) is 6.92 Å². The van der Waals surface area contributed by atoms with E-state index in [9.17, 15) is 26.4 Å². The second-order valence-electron chi connectivity index (χ2n) is 5.26. The van der Waals surface area contributed by atoms with Gasteiger partial charge in [0.1, 0.15) is 5.75 Å². The molecule has 26 heavy (non-hydrogen) atoms. The Labute approximate surface area is 147 Å². The molecule has 2 rings (SSSR count). The number of alkyl halides is 3. The molecule has 2 N–H and O–H groups in total. The van der Waals surface area contributed by atoms with Crippen LogP contribution in [0.1, 0.15) is 5.56 Å². The number of hydrogen-bond donors (Lipinski definition) is 2. The highest BCUT2D eigenvalue weighted by molar-refractivity contribution is 7.92. The van der Waals surface area contributed by atoms with Crippen molar-refractivity contribution < 1.29 is 31.1 Å². The van der Waals surface area contributed by atoms with E-state index in [0.717, 1.165) is 17.7 Å². The number of anilines is 2. The van der Waals surface area contributed by atoms with Gasteiger partial charge in [-0.05, 0) is 37.3 Å². The highest BCUT2D eigenvalue weighted by Gasteiger charge is 2.47. The van der Waals surface area contributed by atoms with E-state index in [0.29, 0.717) is 11.8 Å². The zero-order chi connectivity index (χ0) is 19.5. The highest BCUT2D eigenvalue weighted by Crippen LogP contribution is 2.34. The normalized spacial score (nSPS) is 11.7. The molecule has 0 bridgehead atoms. The molecule has 0 radical (unpaired) electrons. The van der Waals surface area contributed by atoms with Crippen molar-refractivity contribution in [2.45, 2.75) is 17.3 Å². The Morgan fingerprint density at radius 2 is 1.65 bits per heavy atom. The SMILES string of the molecule is COc1ccc(S(=O)(=O)C(F)(F)F)cc1NC(=O)Nc1ccc(C)cc1. The van der Waals surface area contributed by atoms with Crippen molar-refractivity contribution in [1.82, 2.24) is 0 Å². The maximum absolute atomic E-state index is 12.7. The van der Waals surface area contributed by atoms with E-state index >= 15 is 0 Å². The molecule has 0 saturated carbocycles. The lowest BCUT2D eigenvalue weighted by atomic mass is 10.2. The summed E-state index contributed by atoms with van der Waals surface area (Å²) >= 11 is 0. The van der Waals surface area contributed by atoms with Crippen molar-refractivity contribution in [2.75, 3.05) is 17.7 Å². The number of hydrogen-bond acceptors (Lipinski definition) is 4. The van der Waals surface area contributed by atoms with Gasteiger partial charge in [0.05, 0.1) is 17.7 Å². The van der Waals surface area contributed by atoms with Crippen molar-refractivity contribution in [2.24, 2.45) is 0 Å². The summed E-state index contributed by atoms with van der Waals surface area (Å²) in [6.45, 7) is 1.86. The first kappa shape index (κ1) is 19.6. The number of urea groups is 1. The molecule has 0 aliphatic carbocycles. The van der Waals surface area contributed by atoms with E-state index in [-0.39, 0.29) is 11.4 Å². The van der Waals surface area contributed by atoms with Crippen LogP contribution in [-0.4, -0.2) is 27.1 Å². The second-order valence-corrected chi connectivity index (χ2v) is 7.20. The Bertz CT molecular complexity index is 910. The average Bonchev–Trinajstić information content (AvgIpc) is 2.55. The predicted octanol–water partition coefficient (Wildman–Crippen LogP) is 3.94. The zero-order valence-electron chi connectivity index (χ0n) is 13.7. The average molecular weight is 388 g/mol. The van der Waals surface area contributed by atoms with Gasteiger partial charge in [-0.15, -0.1) is 0 Å². The molecule has 140 valence electrons. The number of sulfone groups is 1. The second kappa shape index (κ2) is 7.24. The van der Waals surface area contributed by atoms with Gasteiger partial charge in [0.25, 0.3) is 9.84 Å². The van der Waals surface area contributed by atoms with E-state index in [4.69, 9.17) is 4.74 Å². The number of halogens is 3. The molecule has 0 spiro atoms. The molecule has 0 unspecified atom stereocenters. The molecule has 0 saturated heterocycles. The Morgan fingerprint density at radius 1 is 1.04 bits per heavy atom. The Kier molecular flexibility index (Phi) is 5.45. The van der Waals surface area contributed by atoms with Gasteiger partial charge in [0.2, 0.25) is 0 Å². The number of ether oxygens (including phenoxy) is 1. The van der Waals surface area contributed by atoms with E-state index in [1.54, 1.807) is 24.3 Å². The molecule has 2 aromatic carbocycles. The number of benzene rings is 2. The summed E-state index contributed by atoms with van der Waals surface area (Å²) in [6.07, 6.45) is 0.